The van der Waals surface area contributed by atoms with E-state index in [0.29, 0.717) is 34.3 Å². The molecule has 4 heterocycles. The Bertz CT molecular complexity index is 1700. The van der Waals surface area contributed by atoms with Gasteiger partial charge < -0.3 is 20.5 Å². The molecule has 45 heavy (non-hydrogen) atoms. The number of likely N-dealkylation sites (N-methyl/N-ethyl adjacent to an activating group) is 1. The summed E-state index contributed by atoms with van der Waals surface area (Å²) in [5.41, 5.74) is 9.97. The number of benzene rings is 2. The topological polar surface area (TPSA) is 140 Å². The van der Waals surface area contributed by atoms with Gasteiger partial charge in [0, 0.05) is 49.9 Å². The van der Waals surface area contributed by atoms with Crippen LogP contribution >= 0.6 is 0 Å². The number of nitrogen functional groups attached to an aromatic ring is 1. The van der Waals surface area contributed by atoms with Crippen LogP contribution < -0.4 is 10.2 Å². The van der Waals surface area contributed by atoms with E-state index in [1.54, 1.807) is 12.1 Å². The van der Waals surface area contributed by atoms with Crippen molar-refractivity contribution in [1.82, 2.24) is 34.0 Å². The molecule has 3 N–H and O–H groups in total. The first-order valence-electron chi connectivity index (χ1n) is 15.7. The molecule has 2 aliphatic heterocycles. The molecule has 12 nitrogen and oxygen atoms in total. The van der Waals surface area contributed by atoms with Crippen molar-refractivity contribution in [2.75, 3.05) is 52.0 Å². The molecule has 1 saturated carbocycles. The van der Waals surface area contributed by atoms with Gasteiger partial charge in [-0.1, -0.05) is 30.3 Å². The molecule has 7 rings (SSSR count). The van der Waals surface area contributed by atoms with Crippen molar-refractivity contribution in [3.05, 3.63) is 66.5 Å². The van der Waals surface area contributed by atoms with Gasteiger partial charge in [-0.3, -0.25) is 4.90 Å². The van der Waals surface area contributed by atoms with Gasteiger partial charge in [0.25, 0.3) is 0 Å². The number of amides is 1. The van der Waals surface area contributed by atoms with Crippen LogP contribution in [0.3, 0.4) is 0 Å². The Morgan fingerprint density at radius 1 is 0.978 bits per heavy atom. The number of aliphatic carboxylic acids is 1. The number of cyclic esters (lactones) is 1. The summed E-state index contributed by atoms with van der Waals surface area (Å²) in [5.74, 6) is -0.721. The molecular formula is C33H39N8O4+. The smallest absolute Gasteiger partial charge is 0.477 e. The molecule has 2 unspecified atom stereocenters. The van der Waals surface area contributed by atoms with Crippen LogP contribution in [-0.2, 0) is 9.53 Å². The van der Waals surface area contributed by atoms with E-state index in [4.69, 9.17) is 15.6 Å². The van der Waals surface area contributed by atoms with Gasteiger partial charge in [0.2, 0.25) is 0 Å². The Hall–Kier alpha value is -4.39. The molecule has 0 radical (unpaired) electrons. The van der Waals surface area contributed by atoms with Crippen molar-refractivity contribution in [3.63, 3.8) is 0 Å². The molecule has 2 saturated heterocycles. The molecule has 0 bridgehead atoms. The van der Waals surface area contributed by atoms with Crippen LogP contribution in [0.5, 0.6) is 0 Å². The number of nitrogens with two attached hydrogens (primary N) is 1. The number of fused-ring (bicyclic) bond motifs is 1. The van der Waals surface area contributed by atoms with Gasteiger partial charge in [-0.15, -0.1) is 0 Å². The molecule has 1 aliphatic carbocycles. The standard InChI is InChI=1S/C33H38N8O4/c1-38-15-17-39(18-16-38)24-9-11-25(12-10-24)40-32-29(31(34)35-21-36-32)30(37-40)23-7-13-26(14-8-23)41(20-28(42)43)19-27(45-33(41)44)22-5-3-2-4-6-22/h2-8,13-14,21,24-25,27H,9-12,15-20H2,1H3,(H2-,34,35,36,37,42,43)/p+1. The van der Waals surface area contributed by atoms with E-state index in [0.717, 1.165) is 63.0 Å². The molecule has 4 aromatic rings. The zero-order valence-electron chi connectivity index (χ0n) is 25.5. The van der Waals surface area contributed by atoms with Crippen molar-refractivity contribution in [3.8, 4) is 11.3 Å². The number of anilines is 1. The lowest BCUT2D eigenvalue weighted by atomic mass is 9.90. The monoisotopic (exact) mass is 611 g/mol. The maximum Gasteiger partial charge on any atom is 0.522 e. The van der Waals surface area contributed by atoms with Crippen LogP contribution in [0.25, 0.3) is 22.3 Å². The number of nitrogens with zero attached hydrogens (tertiary/aromatic N) is 7. The molecule has 1 amide bonds. The fraction of sp³-hybridized carbons (Fsp3) is 0.424. The lowest BCUT2D eigenvalue weighted by Gasteiger charge is -2.41. The number of hydrogen-bond acceptors (Lipinski definition) is 9. The largest absolute Gasteiger partial charge is 0.522 e. The second-order valence-electron chi connectivity index (χ2n) is 12.6. The minimum Gasteiger partial charge on any atom is -0.477 e. The zero-order valence-corrected chi connectivity index (χ0v) is 25.5. The van der Waals surface area contributed by atoms with E-state index in [9.17, 15) is 14.7 Å². The quantitative estimate of drug-likeness (QED) is 0.294. The number of carboxylic acid groups (broad SMARTS) is 1. The Balaban J connectivity index is 1.17. The van der Waals surface area contributed by atoms with E-state index in [1.807, 2.05) is 47.1 Å². The minimum atomic E-state index is -1.08. The highest BCUT2D eigenvalue weighted by Gasteiger charge is 2.53. The molecule has 234 valence electrons. The Morgan fingerprint density at radius 3 is 2.36 bits per heavy atom. The van der Waals surface area contributed by atoms with E-state index >= 15 is 0 Å². The van der Waals surface area contributed by atoms with Crippen molar-refractivity contribution < 1.29 is 19.4 Å². The Kier molecular flexibility index (Phi) is 7.72. The lowest BCUT2D eigenvalue weighted by molar-refractivity contribution is -0.137. The van der Waals surface area contributed by atoms with E-state index < -0.39 is 29.2 Å². The van der Waals surface area contributed by atoms with Gasteiger partial charge in [-0.25, -0.2) is 19.4 Å². The highest BCUT2D eigenvalue weighted by Crippen LogP contribution is 2.40. The summed E-state index contributed by atoms with van der Waals surface area (Å²) in [7, 11) is 2.19. The van der Waals surface area contributed by atoms with Crippen LogP contribution in [0.2, 0.25) is 0 Å². The van der Waals surface area contributed by atoms with Crippen LogP contribution in [0, 0.1) is 0 Å². The third kappa shape index (κ3) is 5.43. The average molecular weight is 612 g/mol. The Labute approximate surface area is 261 Å². The molecule has 2 atom stereocenters. The fourth-order valence-corrected chi connectivity index (χ4v) is 7.33. The van der Waals surface area contributed by atoms with Crippen LogP contribution in [-0.4, -0.2) is 99.1 Å². The summed E-state index contributed by atoms with van der Waals surface area (Å²) in [6, 6.07) is 17.5. The zero-order chi connectivity index (χ0) is 31.1. The normalized spacial score (nSPS) is 26.2. The summed E-state index contributed by atoms with van der Waals surface area (Å²) in [4.78, 5) is 39.3. The number of carbonyl (C=O) groups excluding carboxylic acids is 1. The average Bonchev–Trinajstić information content (AvgIpc) is 3.61. The maximum absolute atomic E-state index is 13.3. The SMILES string of the molecule is CN1CCN(C2CCC(n3nc(-c4ccc([N+]5(CC(=O)O)CC(c6ccccc6)OC5=O)cc4)c4c(N)ncnc43)CC2)CC1. The third-order valence-corrected chi connectivity index (χ3v) is 9.87. The minimum absolute atomic E-state index is 0.184. The summed E-state index contributed by atoms with van der Waals surface area (Å²) < 4.78 is 7.33. The summed E-state index contributed by atoms with van der Waals surface area (Å²) in [6.45, 7) is 4.25. The van der Waals surface area contributed by atoms with Gasteiger partial charge >= 0.3 is 12.1 Å². The number of quaternary nitrogens is 1. The molecule has 2 aromatic carbocycles. The number of piperazine rings is 1. The predicted molar refractivity (Wildman–Crippen MR) is 170 cm³/mol. The van der Waals surface area contributed by atoms with Crippen LogP contribution in [0.15, 0.2) is 60.9 Å². The van der Waals surface area contributed by atoms with E-state index in [1.165, 1.54) is 6.33 Å². The number of rotatable bonds is 7. The molecule has 2 aromatic heterocycles. The van der Waals surface area contributed by atoms with Gasteiger partial charge in [0.15, 0.2) is 18.3 Å². The lowest BCUT2D eigenvalue weighted by Crippen LogP contribution is -2.53. The van der Waals surface area contributed by atoms with Crippen molar-refractivity contribution >= 4 is 34.6 Å². The maximum atomic E-state index is 13.3. The predicted octanol–water partition coefficient (Wildman–Crippen LogP) is 4.09. The summed E-state index contributed by atoms with van der Waals surface area (Å²) in [5, 5.41) is 15.6. The molecule has 3 fully saturated rings. The summed E-state index contributed by atoms with van der Waals surface area (Å²) >= 11 is 0. The number of carbonyl (C=O) groups is 2. The first kappa shape index (κ1) is 29.3. The highest BCUT2D eigenvalue weighted by molar-refractivity contribution is 5.98. The molecular weight excluding hydrogens is 572 g/mol. The Morgan fingerprint density at radius 2 is 1.67 bits per heavy atom. The van der Waals surface area contributed by atoms with Crippen molar-refractivity contribution in [2.24, 2.45) is 0 Å². The first-order valence-corrected chi connectivity index (χ1v) is 15.7. The number of aromatic nitrogens is 4. The summed E-state index contributed by atoms with van der Waals surface area (Å²) in [6.07, 6.45) is 4.61. The number of carboxylic acids is 1. The van der Waals surface area contributed by atoms with E-state index in [-0.39, 0.29) is 12.6 Å². The van der Waals surface area contributed by atoms with Crippen molar-refractivity contribution in [1.29, 1.82) is 0 Å². The highest BCUT2D eigenvalue weighted by atomic mass is 16.6. The first-order chi connectivity index (χ1) is 21.8. The molecule has 12 heteroatoms. The van der Waals surface area contributed by atoms with Crippen LogP contribution in [0.4, 0.5) is 16.3 Å². The second kappa shape index (κ2) is 11.8. The third-order valence-electron chi connectivity index (χ3n) is 9.87. The van der Waals surface area contributed by atoms with Crippen molar-refractivity contribution in [2.45, 2.75) is 43.9 Å². The van der Waals surface area contributed by atoms with Crippen LogP contribution in [0.1, 0.15) is 43.4 Å². The van der Waals surface area contributed by atoms with Gasteiger partial charge in [-0.2, -0.15) is 14.4 Å². The van der Waals surface area contributed by atoms with Gasteiger partial charge in [0.05, 0.1) is 11.4 Å². The van der Waals surface area contributed by atoms with E-state index in [2.05, 4.69) is 26.8 Å². The molecule has 3 aliphatic rings. The number of hydrogen-bond donors (Lipinski definition) is 2. The fourth-order valence-electron chi connectivity index (χ4n) is 7.33. The number of ether oxygens (including phenoxy) is 1. The van der Waals surface area contributed by atoms with Gasteiger partial charge in [-0.05, 0) is 50.4 Å². The van der Waals surface area contributed by atoms with Gasteiger partial charge in [0.1, 0.15) is 30.1 Å². The molecule has 0 spiro atoms. The second-order valence-corrected chi connectivity index (χ2v) is 12.6.